The molecule has 4 heteroatoms. The van der Waals surface area contributed by atoms with E-state index in [0.29, 0.717) is 24.5 Å². The molecule has 4 nitrogen and oxygen atoms in total. The average molecular weight is 329 g/mol. The summed E-state index contributed by atoms with van der Waals surface area (Å²) in [6, 6.07) is 15.3. The third-order valence-electron chi connectivity index (χ3n) is 3.70. The summed E-state index contributed by atoms with van der Waals surface area (Å²) >= 11 is 0. The van der Waals surface area contributed by atoms with Crippen LogP contribution in [0.1, 0.15) is 43.6 Å². The van der Waals surface area contributed by atoms with Crippen LogP contribution in [0.3, 0.4) is 0 Å². The lowest BCUT2D eigenvalue weighted by Crippen LogP contribution is -2.38. The minimum Gasteiger partial charge on any atom is -0.489 e. The normalized spacial score (nSPS) is 12.9. The molecule has 0 aliphatic carbocycles. The second kappa shape index (κ2) is 8.29. The van der Waals surface area contributed by atoms with Crippen molar-refractivity contribution in [2.24, 2.45) is 0 Å². The zero-order chi connectivity index (χ0) is 17.6. The van der Waals surface area contributed by atoms with E-state index in [2.05, 4.69) is 26.1 Å². The minimum atomic E-state index is -0.627. The molecule has 24 heavy (non-hydrogen) atoms. The Kier molecular flexibility index (Phi) is 6.37. The molecule has 0 aliphatic rings. The number of aliphatic hydroxyl groups excluding tert-OH is 2. The molecule has 2 aromatic rings. The Hall–Kier alpha value is -1.88. The maximum absolute atomic E-state index is 10.3. The van der Waals surface area contributed by atoms with Crippen LogP contribution < -0.4 is 10.1 Å². The van der Waals surface area contributed by atoms with Crippen molar-refractivity contribution in [2.45, 2.75) is 45.6 Å². The van der Waals surface area contributed by atoms with Crippen molar-refractivity contribution in [3.63, 3.8) is 0 Å². The van der Waals surface area contributed by atoms with E-state index >= 15 is 0 Å². The molecule has 0 radical (unpaired) electrons. The summed E-state index contributed by atoms with van der Waals surface area (Å²) in [4.78, 5) is 0. The van der Waals surface area contributed by atoms with Crippen LogP contribution in [0.15, 0.2) is 48.5 Å². The van der Waals surface area contributed by atoms with Gasteiger partial charge in [0.15, 0.2) is 0 Å². The van der Waals surface area contributed by atoms with Gasteiger partial charge in [-0.25, -0.2) is 0 Å². The van der Waals surface area contributed by atoms with Gasteiger partial charge in [0.2, 0.25) is 0 Å². The predicted molar refractivity (Wildman–Crippen MR) is 95.9 cm³/mol. The van der Waals surface area contributed by atoms with Gasteiger partial charge >= 0.3 is 0 Å². The first-order chi connectivity index (χ1) is 11.4. The fourth-order valence-electron chi connectivity index (χ4n) is 2.33. The van der Waals surface area contributed by atoms with Crippen LogP contribution in [-0.2, 0) is 13.2 Å². The van der Waals surface area contributed by atoms with Gasteiger partial charge in [-0.2, -0.15) is 0 Å². The number of rotatable bonds is 7. The Bertz CT molecular complexity index is 635. The van der Waals surface area contributed by atoms with Crippen LogP contribution in [0.2, 0.25) is 0 Å². The van der Waals surface area contributed by atoms with Gasteiger partial charge in [0, 0.05) is 17.6 Å². The monoisotopic (exact) mass is 329 g/mol. The van der Waals surface area contributed by atoms with Gasteiger partial charge in [-0.3, -0.25) is 0 Å². The van der Waals surface area contributed by atoms with Crippen molar-refractivity contribution >= 4 is 0 Å². The molecule has 0 bridgehead atoms. The van der Waals surface area contributed by atoms with E-state index in [9.17, 15) is 10.2 Å². The second-order valence-electron chi connectivity index (χ2n) is 6.95. The highest BCUT2D eigenvalue weighted by Crippen LogP contribution is 2.25. The summed E-state index contributed by atoms with van der Waals surface area (Å²) in [6.45, 7) is 6.94. The molecular formula is C20H27NO3. The molecule has 0 fully saturated rings. The molecule has 0 saturated carbocycles. The molecule has 1 unspecified atom stereocenters. The van der Waals surface area contributed by atoms with Gasteiger partial charge in [0.25, 0.3) is 0 Å². The van der Waals surface area contributed by atoms with Crippen molar-refractivity contribution in [3.05, 3.63) is 65.2 Å². The lowest BCUT2D eigenvalue weighted by molar-refractivity contribution is 0.162. The van der Waals surface area contributed by atoms with E-state index in [4.69, 9.17) is 4.74 Å². The SMILES string of the molecule is CC(C)(C)NCC(O)c1ccc(OCc2ccccc2)c(CO)c1. The number of β-amino-alcohol motifs (C(OH)–C–C–N with tert-alkyl or cyclic N) is 1. The van der Waals surface area contributed by atoms with Crippen LogP contribution in [0.5, 0.6) is 5.75 Å². The van der Waals surface area contributed by atoms with Gasteiger partial charge in [-0.15, -0.1) is 0 Å². The Morgan fingerprint density at radius 1 is 1.08 bits per heavy atom. The molecule has 0 spiro atoms. The van der Waals surface area contributed by atoms with Crippen LogP contribution in [-0.4, -0.2) is 22.3 Å². The minimum absolute atomic E-state index is 0.0560. The van der Waals surface area contributed by atoms with Gasteiger partial charge in [0.1, 0.15) is 12.4 Å². The smallest absolute Gasteiger partial charge is 0.125 e. The van der Waals surface area contributed by atoms with Crippen molar-refractivity contribution in [1.82, 2.24) is 5.32 Å². The summed E-state index contributed by atoms with van der Waals surface area (Å²) in [5.41, 5.74) is 2.46. The van der Waals surface area contributed by atoms with E-state index < -0.39 is 6.10 Å². The fraction of sp³-hybridized carbons (Fsp3) is 0.400. The molecule has 0 aromatic heterocycles. The summed E-state index contributed by atoms with van der Waals surface area (Å²) in [5, 5.41) is 23.2. The molecule has 2 aromatic carbocycles. The number of benzene rings is 2. The first-order valence-corrected chi connectivity index (χ1v) is 8.22. The maximum atomic E-state index is 10.3. The number of hydrogen-bond donors (Lipinski definition) is 3. The van der Waals surface area contributed by atoms with Gasteiger partial charge in [-0.1, -0.05) is 36.4 Å². The fourth-order valence-corrected chi connectivity index (χ4v) is 2.33. The Morgan fingerprint density at radius 2 is 1.79 bits per heavy atom. The highest BCUT2D eigenvalue weighted by molar-refractivity contribution is 5.38. The van der Waals surface area contributed by atoms with Gasteiger partial charge in [0.05, 0.1) is 12.7 Å². The maximum Gasteiger partial charge on any atom is 0.125 e. The lowest BCUT2D eigenvalue weighted by Gasteiger charge is -2.23. The topological polar surface area (TPSA) is 61.7 Å². The van der Waals surface area contributed by atoms with Crippen LogP contribution in [0.4, 0.5) is 0 Å². The third kappa shape index (κ3) is 5.64. The standard InChI is InChI=1S/C20H27NO3/c1-20(2,3)21-12-18(23)16-9-10-19(17(11-16)13-22)24-14-15-7-5-4-6-8-15/h4-11,18,21-23H,12-14H2,1-3H3. The lowest BCUT2D eigenvalue weighted by atomic mass is 10.0. The van der Waals surface area contributed by atoms with E-state index in [-0.39, 0.29) is 12.1 Å². The molecule has 0 aliphatic heterocycles. The highest BCUT2D eigenvalue weighted by atomic mass is 16.5. The molecule has 130 valence electrons. The summed E-state index contributed by atoms with van der Waals surface area (Å²) in [7, 11) is 0. The second-order valence-corrected chi connectivity index (χ2v) is 6.95. The van der Waals surface area contributed by atoms with Crippen LogP contribution in [0, 0.1) is 0 Å². The van der Waals surface area contributed by atoms with Gasteiger partial charge in [-0.05, 0) is 44.0 Å². The summed E-state index contributed by atoms with van der Waals surface area (Å²) in [6.07, 6.45) is -0.627. The average Bonchev–Trinajstić information content (AvgIpc) is 2.58. The number of ether oxygens (including phenoxy) is 1. The zero-order valence-electron chi connectivity index (χ0n) is 14.6. The summed E-state index contributed by atoms with van der Waals surface area (Å²) in [5.74, 6) is 0.640. The van der Waals surface area contributed by atoms with Gasteiger partial charge < -0.3 is 20.3 Å². The van der Waals surface area contributed by atoms with Crippen LogP contribution in [0.25, 0.3) is 0 Å². The van der Waals surface area contributed by atoms with E-state index in [1.54, 1.807) is 6.07 Å². The molecule has 1 atom stereocenters. The number of aliphatic hydroxyl groups is 2. The number of hydrogen-bond acceptors (Lipinski definition) is 4. The Balaban J connectivity index is 2.04. The first-order valence-electron chi connectivity index (χ1n) is 8.22. The highest BCUT2D eigenvalue weighted by Gasteiger charge is 2.15. The quantitative estimate of drug-likeness (QED) is 0.730. The molecular weight excluding hydrogens is 302 g/mol. The molecule has 0 saturated heterocycles. The van der Waals surface area contributed by atoms with Crippen molar-refractivity contribution in [1.29, 1.82) is 0 Å². The molecule has 0 heterocycles. The molecule has 0 amide bonds. The molecule has 2 rings (SSSR count). The Morgan fingerprint density at radius 3 is 2.42 bits per heavy atom. The largest absolute Gasteiger partial charge is 0.489 e. The zero-order valence-corrected chi connectivity index (χ0v) is 14.6. The first kappa shape index (κ1) is 18.5. The molecule has 3 N–H and O–H groups in total. The third-order valence-corrected chi connectivity index (χ3v) is 3.70. The van der Waals surface area contributed by atoms with Crippen LogP contribution >= 0.6 is 0 Å². The predicted octanol–water partition coefficient (Wildman–Crippen LogP) is 3.18. The van der Waals surface area contributed by atoms with E-state index in [1.807, 2.05) is 42.5 Å². The number of nitrogens with one attached hydrogen (secondary N) is 1. The van der Waals surface area contributed by atoms with Crippen molar-refractivity contribution < 1.29 is 14.9 Å². The van der Waals surface area contributed by atoms with E-state index in [1.165, 1.54) is 0 Å². The van der Waals surface area contributed by atoms with Crippen molar-refractivity contribution in [2.75, 3.05) is 6.54 Å². The van der Waals surface area contributed by atoms with Crippen molar-refractivity contribution in [3.8, 4) is 5.75 Å². The Labute approximate surface area is 144 Å². The summed E-state index contributed by atoms with van der Waals surface area (Å²) < 4.78 is 5.81. The van der Waals surface area contributed by atoms with E-state index in [0.717, 1.165) is 11.1 Å².